The predicted molar refractivity (Wildman–Crippen MR) is 107 cm³/mol. The monoisotopic (exact) mass is 433 g/mol. The number of anilines is 1. The highest BCUT2D eigenvalue weighted by atomic mass is 19.4. The van der Waals surface area contributed by atoms with Crippen molar-refractivity contribution in [2.45, 2.75) is 18.6 Å². The fraction of sp³-hybridized carbons (Fsp3) is 0.190. The van der Waals surface area contributed by atoms with Gasteiger partial charge >= 0.3 is 11.8 Å². The number of rotatable bonds is 6. The Kier molecular flexibility index (Phi) is 6.40. The van der Waals surface area contributed by atoms with Crippen molar-refractivity contribution in [3.05, 3.63) is 76.1 Å². The molecule has 3 rings (SSSR count). The SMILES string of the molecule is NCC(=O)N[C@@H](Cc1ccccc1)C(=O)Nc1ccc2c(C(F)(F)F)cc(=O)oc2c1. The quantitative estimate of drug-likeness (QED) is 0.517. The van der Waals surface area contributed by atoms with Gasteiger partial charge in [-0.3, -0.25) is 9.59 Å². The van der Waals surface area contributed by atoms with Gasteiger partial charge in [-0.1, -0.05) is 30.3 Å². The van der Waals surface area contributed by atoms with Crippen molar-refractivity contribution in [1.82, 2.24) is 5.32 Å². The highest BCUT2D eigenvalue weighted by Crippen LogP contribution is 2.34. The molecule has 0 radical (unpaired) electrons. The Balaban J connectivity index is 1.88. The molecule has 0 unspecified atom stereocenters. The van der Waals surface area contributed by atoms with Gasteiger partial charge < -0.3 is 20.8 Å². The van der Waals surface area contributed by atoms with Crippen LogP contribution < -0.4 is 22.0 Å². The van der Waals surface area contributed by atoms with E-state index in [-0.39, 0.29) is 29.6 Å². The first-order chi connectivity index (χ1) is 14.7. The molecule has 1 aromatic heterocycles. The Morgan fingerprint density at radius 3 is 2.42 bits per heavy atom. The summed E-state index contributed by atoms with van der Waals surface area (Å²) in [6.07, 6.45) is -4.58. The van der Waals surface area contributed by atoms with E-state index in [2.05, 4.69) is 10.6 Å². The number of nitrogens with two attached hydrogens (primary N) is 1. The Labute approximate surface area is 174 Å². The third-order valence-corrected chi connectivity index (χ3v) is 4.44. The molecule has 162 valence electrons. The lowest BCUT2D eigenvalue weighted by atomic mass is 10.0. The molecule has 2 aromatic carbocycles. The Morgan fingerprint density at radius 1 is 1.06 bits per heavy atom. The molecule has 0 fully saturated rings. The average molecular weight is 433 g/mol. The molecule has 2 amide bonds. The summed E-state index contributed by atoms with van der Waals surface area (Å²) in [6, 6.07) is 11.8. The molecule has 1 heterocycles. The minimum absolute atomic E-state index is 0.0973. The molecule has 31 heavy (non-hydrogen) atoms. The van der Waals surface area contributed by atoms with E-state index in [1.807, 2.05) is 0 Å². The number of carbonyl (C=O) groups excluding carboxylic acids is 2. The van der Waals surface area contributed by atoms with E-state index in [1.54, 1.807) is 30.3 Å². The van der Waals surface area contributed by atoms with E-state index in [9.17, 15) is 27.6 Å². The van der Waals surface area contributed by atoms with Crippen LogP contribution in [0.2, 0.25) is 0 Å². The maximum absolute atomic E-state index is 13.2. The van der Waals surface area contributed by atoms with Crippen LogP contribution >= 0.6 is 0 Å². The molecular formula is C21H18F3N3O4. The van der Waals surface area contributed by atoms with Crippen LogP contribution in [0.25, 0.3) is 11.0 Å². The average Bonchev–Trinajstić information content (AvgIpc) is 2.72. The molecule has 4 N–H and O–H groups in total. The molecule has 0 saturated heterocycles. The number of nitrogens with one attached hydrogen (secondary N) is 2. The first kappa shape index (κ1) is 22.0. The van der Waals surface area contributed by atoms with Crippen LogP contribution in [0.3, 0.4) is 0 Å². The fourth-order valence-corrected chi connectivity index (χ4v) is 3.02. The van der Waals surface area contributed by atoms with Gasteiger partial charge in [0, 0.05) is 29.6 Å². The maximum atomic E-state index is 13.2. The van der Waals surface area contributed by atoms with Gasteiger partial charge in [0.05, 0.1) is 12.1 Å². The second-order valence-electron chi connectivity index (χ2n) is 6.69. The summed E-state index contributed by atoms with van der Waals surface area (Å²) < 4.78 is 44.4. The van der Waals surface area contributed by atoms with Crippen LogP contribution in [-0.4, -0.2) is 24.4 Å². The van der Waals surface area contributed by atoms with Gasteiger partial charge in [0.2, 0.25) is 11.8 Å². The number of halogens is 3. The lowest BCUT2D eigenvalue weighted by molar-refractivity contribution is -0.136. The van der Waals surface area contributed by atoms with Gasteiger partial charge in [0.25, 0.3) is 0 Å². The maximum Gasteiger partial charge on any atom is 0.417 e. The number of carbonyl (C=O) groups is 2. The Bertz CT molecular complexity index is 1160. The fourth-order valence-electron chi connectivity index (χ4n) is 3.02. The minimum Gasteiger partial charge on any atom is -0.423 e. The third kappa shape index (κ3) is 5.48. The number of hydrogen-bond acceptors (Lipinski definition) is 5. The molecule has 10 heteroatoms. The zero-order chi connectivity index (χ0) is 22.6. The largest absolute Gasteiger partial charge is 0.423 e. The van der Waals surface area contributed by atoms with Crippen molar-refractivity contribution >= 4 is 28.5 Å². The lowest BCUT2D eigenvalue weighted by Gasteiger charge is -2.18. The molecule has 0 aliphatic carbocycles. The summed E-state index contributed by atoms with van der Waals surface area (Å²) in [4.78, 5) is 36.0. The van der Waals surface area contributed by atoms with E-state index in [0.717, 1.165) is 17.7 Å². The minimum atomic E-state index is -4.74. The molecular weight excluding hydrogens is 415 g/mol. The van der Waals surface area contributed by atoms with Gasteiger partial charge in [0.1, 0.15) is 11.6 Å². The number of alkyl halides is 3. The van der Waals surface area contributed by atoms with Gasteiger partial charge in [-0.15, -0.1) is 0 Å². The number of amides is 2. The van der Waals surface area contributed by atoms with E-state index < -0.39 is 35.2 Å². The van der Waals surface area contributed by atoms with Crippen LogP contribution in [0.5, 0.6) is 0 Å². The highest BCUT2D eigenvalue weighted by molar-refractivity contribution is 5.99. The number of hydrogen-bond donors (Lipinski definition) is 3. The summed E-state index contributed by atoms with van der Waals surface area (Å²) in [5.74, 6) is -1.16. The Hall–Kier alpha value is -3.66. The Morgan fingerprint density at radius 2 is 1.77 bits per heavy atom. The summed E-state index contributed by atoms with van der Waals surface area (Å²) in [5, 5.41) is 4.72. The van der Waals surface area contributed by atoms with Gasteiger partial charge in [-0.2, -0.15) is 13.2 Å². The van der Waals surface area contributed by atoms with Crippen molar-refractivity contribution < 1.29 is 27.2 Å². The number of benzene rings is 2. The predicted octanol–water partition coefficient (Wildman–Crippen LogP) is 2.44. The molecule has 3 aromatic rings. The zero-order valence-electron chi connectivity index (χ0n) is 16.0. The summed E-state index contributed by atoms with van der Waals surface area (Å²) in [5.41, 5.74) is 3.56. The van der Waals surface area contributed by atoms with Crippen LogP contribution in [0.15, 0.2) is 63.8 Å². The van der Waals surface area contributed by atoms with Crippen LogP contribution in [-0.2, 0) is 22.2 Å². The first-order valence-corrected chi connectivity index (χ1v) is 9.16. The van der Waals surface area contributed by atoms with Crippen molar-refractivity contribution in [2.75, 3.05) is 11.9 Å². The van der Waals surface area contributed by atoms with E-state index in [1.165, 1.54) is 6.07 Å². The van der Waals surface area contributed by atoms with Gasteiger partial charge in [0.15, 0.2) is 0 Å². The standard InChI is InChI=1S/C21H18F3N3O4/c22-21(23,24)15-10-19(29)31-17-9-13(6-7-14(15)17)26-20(30)16(27-18(28)11-25)8-12-4-2-1-3-5-12/h1-7,9-10,16H,8,11,25H2,(H,26,30)(H,27,28)/t16-/m0/s1. The van der Waals surface area contributed by atoms with Crippen LogP contribution in [0.4, 0.5) is 18.9 Å². The van der Waals surface area contributed by atoms with Gasteiger partial charge in [-0.25, -0.2) is 4.79 Å². The van der Waals surface area contributed by atoms with E-state index in [0.29, 0.717) is 6.07 Å². The van der Waals surface area contributed by atoms with E-state index in [4.69, 9.17) is 10.2 Å². The van der Waals surface area contributed by atoms with Gasteiger partial charge in [-0.05, 0) is 17.7 Å². The molecule has 0 saturated carbocycles. The topological polar surface area (TPSA) is 114 Å². The molecule has 1 atom stereocenters. The second-order valence-corrected chi connectivity index (χ2v) is 6.69. The molecule has 0 bridgehead atoms. The molecule has 7 nitrogen and oxygen atoms in total. The zero-order valence-corrected chi connectivity index (χ0v) is 16.0. The van der Waals surface area contributed by atoms with Crippen molar-refractivity contribution in [3.63, 3.8) is 0 Å². The summed E-state index contributed by atoms with van der Waals surface area (Å²) in [6.45, 7) is -0.320. The molecule has 0 aliphatic heterocycles. The smallest absolute Gasteiger partial charge is 0.417 e. The normalized spacial score (nSPS) is 12.4. The van der Waals surface area contributed by atoms with Crippen molar-refractivity contribution in [2.24, 2.45) is 5.73 Å². The number of fused-ring (bicyclic) bond motifs is 1. The molecule has 0 aliphatic rings. The summed E-state index contributed by atoms with van der Waals surface area (Å²) >= 11 is 0. The highest BCUT2D eigenvalue weighted by Gasteiger charge is 2.34. The van der Waals surface area contributed by atoms with Crippen LogP contribution in [0.1, 0.15) is 11.1 Å². The van der Waals surface area contributed by atoms with E-state index >= 15 is 0 Å². The summed E-state index contributed by atoms with van der Waals surface area (Å²) in [7, 11) is 0. The molecule has 0 spiro atoms. The van der Waals surface area contributed by atoms with Crippen molar-refractivity contribution in [1.29, 1.82) is 0 Å². The van der Waals surface area contributed by atoms with Crippen molar-refractivity contribution in [3.8, 4) is 0 Å². The second kappa shape index (κ2) is 9.00. The first-order valence-electron chi connectivity index (χ1n) is 9.16. The third-order valence-electron chi connectivity index (χ3n) is 4.44. The lowest BCUT2D eigenvalue weighted by Crippen LogP contribution is -2.47. The van der Waals surface area contributed by atoms with Crippen LogP contribution in [0, 0.1) is 0 Å².